The van der Waals surface area contributed by atoms with Gasteiger partial charge in [-0.05, 0) is 55.4 Å². The van der Waals surface area contributed by atoms with E-state index in [1.165, 1.54) is 5.57 Å². The lowest BCUT2D eigenvalue weighted by Gasteiger charge is -2.56. The second-order valence-corrected chi connectivity index (χ2v) is 8.85. The van der Waals surface area contributed by atoms with Crippen molar-refractivity contribution in [3.63, 3.8) is 0 Å². The Bertz CT molecular complexity index is 647. The molecule has 124 valence electrons. The summed E-state index contributed by atoms with van der Waals surface area (Å²) in [5, 5.41) is 0. The molecule has 2 saturated carbocycles. The fraction of sp³-hybridized carbons (Fsp3) is 0.700. The average Bonchev–Trinajstić information content (AvgIpc) is 2.77. The Labute approximate surface area is 138 Å². The lowest BCUT2D eigenvalue weighted by Crippen LogP contribution is -2.57. The number of hydrogen-bond acceptors (Lipinski definition) is 3. The number of esters is 1. The van der Waals surface area contributed by atoms with Gasteiger partial charge in [-0.25, -0.2) is 0 Å². The molecule has 1 aliphatic heterocycles. The van der Waals surface area contributed by atoms with Crippen LogP contribution in [0.4, 0.5) is 0 Å². The smallest absolute Gasteiger partial charge is 0.320 e. The number of allylic oxidation sites excluding steroid dienone is 2. The minimum Gasteiger partial charge on any atom is -0.457 e. The summed E-state index contributed by atoms with van der Waals surface area (Å²) in [4.78, 5) is 25.1. The van der Waals surface area contributed by atoms with Gasteiger partial charge in [0.2, 0.25) is 0 Å². The monoisotopic (exact) mass is 314 g/mol. The Morgan fingerprint density at radius 2 is 2.00 bits per heavy atom. The first-order valence-electron chi connectivity index (χ1n) is 8.83. The summed E-state index contributed by atoms with van der Waals surface area (Å²) in [6, 6.07) is 0. The van der Waals surface area contributed by atoms with E-state index in [1.807, 2.05) is 6.92 Å². The molecule has 0 aromatic carbocycles. The van der Waals surface area contributed by atoms with Gasteiger partial charge in [0.05, 0.1) is 0 Å². The zero-order chi connectivity index (χ0) is 16.6. The summed E-state index contributed by atoms with van der Waals surface area (Å²) in [7, 11) is 0. The molecule has 0 amide bonds. The van der Waals surface area contributed by atoms with E-state index < -0.39 is 5.41 Å². The maximum Gasteiger partial charge on any atom is 0.320 e. The zero-order valence-corrected chi connectivity index (χ0v) is 14.4. The lowest BCUT2D eigenvalue weighted by atomic mass is 9.45. The maximum atomic E-state index is 12.6. The first-order chi connectivity index (χ1) is 10.7. The van der Waals surface area contributed by atoms with E-state index in [0.29, 0.717) is 12.3 Å². The Morgan fingerprint density at radius 1 is 1.26 bits per heavy atom. The van der Waals surface area contributed by atoms with Crippen molar-refractivity contribution in [1.82, 2.24) is 0 Å². The summed E-state index contributed by atoms with van der Waals surface area (Å²) in [5.74, 6) is 0.255. The molecule has 4 aliphatic rings. The highest BCUT2D eigenvalue weighted by Gasteiger charge is 2.69. The third-order valence-corrected chi connectivity index (χ3v) is 7.53. The molecule has 6 atom stereocenters. The van der Waals surface area contributed by atoms with Crippen molar-refractivity contribution < 1.29 is 14.3 Å². The number of ether oxygens (including phenoxy) is 1. The molecule has 1 heterocycles. The number of Topliss-reactive ketones (excluding diaryl/α,β-unsaturated/α-hetero) is 1. The quantitative estimate of drug-likeness (QED) is 0.419. The van der Waals surface area contributed by atoms with Crippen LogP contribution in [0.3, 0.4) is 0 Å². The number of hydrogen-bond donors (Lipinski definition) is 0. The summed E-state index contributed by atoms with van der Waals surface area (Å²) in [6.45, 7) is 10.4. The van der Waals surface area contributed by atoms with Crippen molar-refractivity contribution in [3.05, 3.63) is 24.3 Å². The second-order valence-electron chi connectivity index (χ2n) is 8.85. The van der Waals surface area contributed by atoms with Gasteiger partial charge in [0.1, 0.15) is 17.3 Å². The van der Waals surface area contributed by atoms with Gasteiger partial charge in [0.25, 0.3) is 0 Å². The SMILES string of the molecule is C=C[C@]1(C)CC[C@H]2C(=C[C@@H]3OC(=O)[C@@]4(C)C(=O)CC[C@]2(C)[C@H]34)C1. The molecule has 3 aliphatic carbocycles. The minimum atomic E-state index is -0.932. The van der Waals surface area contributed by atoms with Crippen LogP contribution in [-0.4, -0.2) is 17.9 Å². The van der Waals surface area contributed by atoms with E-state index >= 15 is 0 Å². The summed E-state index contributed by atoms with van der Waals surface area (Å²) < 4.78 is 5.71. The van der Waals surface area contributed by atoms with Crippen LogP contribution in [-0.2, 0) is 14.3 Å². The Morgan fingerprint density at radius 3 is 2.70 bits per heavy atom. The van der Waals surface area contributed by atoms with Crippen LogP contribution in [0, 0.1) is 28.1 Å². The van der Waals surface area contributed by atoms with Crippen molar-refractivity contribution in [2.24, 2.45) is 28.1 Å². The van der Waals surface area contributed by atoms with E-state index in [1.54, 1.807) is 0 Å². The molecular formula is C20H26O3. The first kappa shape index (κ1) is 15.2. The highest BCUT2D eigenvalue weighted by molar-refractivity contribution is 6.06. The molecule has 0 aromatic rings. The first-order valence-corrected chi connectivity index (χ1v) is 8.83. The molecule has 3 nitrogen and oxygen atoms in total. The van der Waals surface area contributed by atoms with Crippen LogP contribution in [0.5, 0.6) is 0 Å². The van der Waals surface area contributed by atoms with Crippen molar-refractivity contribution in [3.8, 4) is 0 Å². The third kappa shape index (κ3) is 1.71. The summed E-state index contributed by atoms with van der Waals surface area (Å²) in [6.07, 6.45) is 8.67. The van der Waals surface area contributed by atoms with E-state index in [4.69, 9.17) is 4.74 Å². The van der Waals surface area contributed by atoms with Crippen LogP contribution < -0.4 is 0 Å². The molecule has 3 fully saturated rings. The van der Waals surface area contributed by atoms with E-state index in [-0.39, 0.29) is 34.6 Å². The highest BCUT2D eigenvalue weighted by Crippen LogP contribution is 2.65. The molecule has 0 N–H and O–H groups in total. The summed E-state index contributed by atoms with van der Waals surface area (Å²) >= 11 is 0. The molecule has 0 unspecified atom stereocenters. The molecule has 0 radical (unpaired) electrons. The van der Waals surface area contributed by atoms with Crippen molar-refractivity contribution in [1.29, 1.82) is 0 Å². The molecule has 0 spiro atoms. The number of carbonyl (C=O) groups excluding carboxylic acids is 2. The van der Waals surface area contributed by atoms with Crippen LogP contribution in [0.15, 0.2) is 24.3 Å². The van der Waals surface area contributed by atoms with Crippen LogP contribution >= 0.6 is 0 Å². The van der Waals surface area contributed by atoms with E-state index in [0.717, 1.165) is 25.7 Å². The number of carbonyl (C=O) groups is 2. The van der Waals surface area contributed by atoms with Gasteiger partial charge in [-0.1, -0.05) is 25.5 Å². The fourth-order valence-corrected chi connectivity index (χ4v) is 6.06. The van der Waals surface area contributed by atoms with Crippen molar-refractivity contribution in [2.75, 3.05) is 0 Å². The maximum absolute atomic E-state index is 12.6. The molecule has 1 saturated heterocycles. The predicted molar refractivity (Wildman–Crippen MR) is 87.6 cm³/mol. The molecule has 0 aromatic heterocycles. The van der Waals surface area contributed by atoms with Crippen molar-refractivity contribution in [2.45, 2.75) is 59.0 Å². The lowest BCUT2D eigenvalue weighted by molar-refractivity contribution is -0.155. The van der Waals surface area contributed by atoms with Gasteiger partial charge in [0, 0.05) is 12.3 Å². The normalized spacial score (nSPS) is 51.4. The summed E-state index contributed by atoms with van der Waals surface area (Å²) in [5.41, 5.74) is 0.626. The Kier molecular flexibility index (Phi) is 2.88. The van der Waals surface area contributed by atoms with Crippen LogP contribution in [0.25, 0.3) is 0 Å². The minimum absolute atomic E-state index is 0.00517. The predicted octanol–water partition coefficient (Wildman–Crippen LogP) is 3.84. The molecular weight excluding hydrogens is 288 g/mol. The van der Waals surface area contributed by atoms with Crippen LogP contribution in [0.2, 0.25) is 0 Å². The largest absolute Gasteiger partial charge is 0.457 e. The Balaban J connectivity index is 1.83. The van der Waals surface area contributed by atoms with Gasteiger partial charge in [-0.3, -0.25) is 9.59 Å². The topological polar surface area (TPSA) is 43.4 Å². The number of fused-ring (bicyclic) bond motifs is 2. The Hall–Kier alpha value is -1.38. The molecule has 4 rings (SSSR count). The highest BCUT2D eigenvalue weighted by atomic mass is 16.6. The van der Waals surface area contributed by atoms with Gasteiger partial charge in [-0.2, -0.15) is 0 Å². The second kappa shape index (κ2) is 4.37. The number of ketones is 1. The number of rotatable bonds is 1. The van der Waals surface area contributed by atoms with E-state index in [9.17, 15) is 9.59 Å². The van der Waals surface area contributed by atoms with E-state index in [2.05, 4.69) is 32.6 Å². The van der Waals surface area contributed by atoms with Gasteiger partial charge < -0.3 is 4.74 Å². The van der Waals surface area contributed by atoms with Crippen molar-refractivity contribution >= 4 is 11.8 Å². The standard InChI is InChI=1S/C20H26O3/c1-5-18(2)8-6-13-12(11-18)10-14-16-19(13,3)9-7-15(21)20(16,4)17(22)23-14/h5,10,13-14,16H,1,6-9,11H2,2-4H3/t13-,14-,16-,18+,19-,20-/m0/s1. The van der Waals surface area contributed by atoms with Gasteiger partial charge >= 0.3 is 5.97 Å². The van der Waals surface area contributed by atoms with Gasteiger partial charge in [-0.15, -0.1) is 6.58 Å². The molecule has 23 heavy (non-hydrogen) atoms. The average molecular weight is 314 g/mol. The van der Waals surface area contributed by atoms with Gasteiger partial charge in [0.15, 0.2) is 0 Å². The molecule has 0 bridgehead atoms. The molecule has 3 heteroatoms. The third-order valence-electron chi connectivity index (χ3n) is 7.53. The zero-order valence-electron chi connectivity index (χ0n) is 14.4. The van der Waals surface area contributed by atoms with Crippen LogP contribution in [0.1, 0.15) is 52.9 Å². The fourth-order valence-electron chi connectivity index (χ4n) is 6.06.